The summed E-state index contributed by atoms with van der Waals surface area (Å²) in [5.41, 5.74) is -0.0511. The lowest BCUT2D eigenvalue weighted by Crippen LogP contribution is -2.41. The number of carbonyl (C=O) groups is 2. The van der Waals surface area contributed by atoms with E-state index in [-0.39, 0.29) is 5.78 Å². The monoisotopic (exact) mass is 417 g/mol. The van der Waals surface area contributed by atoms with E-state index in [2.05, 4.69) is 18.7 Å². The highest BCUT2D eigenvalue weighted by atomic mass is 35.5. The standard InChI is InChI=1S/C23H28ClNO4/c1-5-25(6-2)15-16-28-22(27)23(3,4)29-20-13-9-18(10-14-20)21(26)17-7-11-19(24)12-8-17/h7-14H,5-6,15-16H2,1-4H3. The van der Waals surface area contributed by atoms with Crippen molar-refractivity contribution in [2.24, 2.45) is 0 Å². The van der Waals surface area contributed by atoms with E-state index in [0.717, 1.165) is 13.1 Å². The number of ketones is 1. The number of nitrogens with zero attached hydrogens (tertiary/aromatic N) is 1. The Kier molecular flexibility index (Phi) is 8.23. The van der Waals surface area contributed by atoms with Crippen molar-refractivity contribution in [3.05, 3.63) is 64.7 Å². The molecule has 0 fully saturated rings. The molecule has 0 aliphatic carbocycles. The van der Waals surface area contributed by atoms with Crippen LogP contribution < -0.4 is 4.74 Å². The van der Waals surface area contributed by atoms with Gasteiger partial charge in [0.15, 0.2) is 11.4 Å². The van der Waals surface area contributed by atoms with Gasteiger partial charge in [0.2, 0.25) is 0 Å². The van der Waals surface area contributed by atoms with Crippen molar-refractivity contribution in [3.63, 3.8) is 0 Å². The van der Waals surface area contributed by atoms with Crippen LogP contribution in [0.4, 0.5) is 0 Å². The van der Waals surface area contributed by atoms with Gasteiger partial charge >= 0.3 is 5.97 Å². The number of ether oxygens (including phenoxy) is 2. The van der Waals surface area contributed by atoms with Crippen LogP contribution in [0.5, 0.6) is 5.75 Å². The predicted octanol–water partition coefficient (Wildman–Crippen LogP) is 4.61. The fourth-order valence-corrected chi connectivity index (χ4v) is 2.89. The van der Waals surface area contributed by atoms with Crippen LogP contribution in [0.2, 0.25) is 5.02 Å². The van der Waals surface area contributed by atoms with Crippen LogP contribution >= 0.6 is 11.6 Å². The zero-order valence-corrected chi connectivity index (χ0v) is 18.2. The molecule has 0 saturated heterocycles. The second-order valence-corrected chi connectivity index (χ2v) is 7.57. The van der Waals surface area contributed by atoms with Crippen molar-refractivity contribution >= 4 is 23.4 Å². The topological polar surface area (TPSA) is 55.8 Å². The van der Waals surface area contributed by atoms with E-state index in [1.54, 1.807) is 62.4 Å². The first kappa shape index (κ1) is 22.9. The third kappa shape index (κ3) is 6.58. The molecule has 0 amide bonds. The lowest BCUT2D eigenvalue weighted by atomic mass is 10.0. The number of likely N-dealkylation sites (N-methyl/N-ethyl adjacent to an activating group) is 1. The number of carbonyl (C=O) groups excluding carboxylic acids is 2. The Morgan fingerprint density at radius 2 is 1.45 bits per heavy atom. The summed E-state index contributed by atoms with van der Waals surface area (Å²) >= 11 is 5.86. The van der Waals surface area contributed by atoms with Crippen LogP contribution in [0, 0.1) is 0 Å². The van der Waals surface area contributed by atoms with Crippen molar-refractivity contribution in [1.29, 1.82) is 0 Å². The molecule has 0 saturated carbocycles. The van der Waals surface area contributed by atoms with Gasteiger partial charge in [-0.15, -0.1) is 0 Å². The molecule has 0 atom stereocenters. The van der Waals surface area contributed by atoms with Crippen molar-refractivity contribution in [1.82, 2.24) is 4.90 Å². The largest absolute Gasteiger partial charge is 0.476 e. The molecule has 5 nitrogen and oxygen atoms in total. The first-order valence-electron chi connectivity index (χ1n) is 9.75. The zero-order valence-electron chi connectivity index (χ0n) is 17.4. The van der Waals surface area contributed by atoms with E-state index in [1.165, 1.54) is 0 Å². The van der Waals surface area contributed by atoms with Gasteiger partial charge in [0.25, 0.3) is 0 Å². The minimum absolute atomic E-state index is 0.108. The second-order valence-electron chi connectivity index (χ2n) is 7.14. The third-order valence-electron chi connectivity index (χ3n) is 4.62. The van der Waals surface area contributed by atoms with Crippen LogP contribution in [0.3, 0.4) is 0 Å². The van der Waals surface area contributed by atoms with E-state index in [0.29, 0.717) is 35.1 Å². The van der Waals surface area contributed by atoms with E-state index >= 15 is 0 Å². The van der Waals surface area contributed by atoms with Gasteiger partial charge in [-0.2, -0.15) is 0 Å². The molecular formula is C23H28ClNO4. The minimum atomic E-state index is -1.13. The van der Waals surface area contributed by atoms with Gasteiger partial charge in [-0.25, -0.2) is 4.79 Å². The zero-order chi connectivity index (χ0) is 21.4. The number of hydrogen-bond donors (Lipinski definition) is 0. The summed E-state index contributed by atoms with van der Waals surface area (Å²) < 4.78 is 11.2. The highest BCUT2D eigenvalue weighted by molar-refractivity contribution is 6.30. The Hall–Kier alpha value is -2.37. The summed E-state index contributed by atoms with van der Waals surface area (Å²) in [7, 11) is 0. The Balaban J connectivity index is 1.95. The third-order valence-corrected chi connectivity index (χ3v) is 4.87. The molecule has 2 aromatic rings. The van der Waals surface area contributed by atoms with E-state index in [4.69, 9.17) is 21.1 Å². The normalized spacial score (nSPS) is 11.4. The van der Waals surface area contributed by atoms with Crippen LogP contribution in [0.25, 0.3) is 0 Å². The minimum Gasteiger partial charge on any atom is -0.476 e. The van der Waals surface area contributed by atoms with E-state index in [1.807, 2.05) is 0 Å². The summed E-state index contributed by atoms with van der Waals surface area (Å²) in [6.45, 7) is 10.3. The average molecular weight is 418 g/mol. The van der Waals surface area contributed by atoms with Gasteiger partial charge in [0.05, 0.1) is 0 Å². The molecule has 0 spiro atoms. The molecule has 0 unspecified atom stereocenters. The van der Waals surface area contributed by atoms with Gasteiger partial charge in [0.1, 0.15) is 12.4 Å². The molecule has 0 bridgehead atoms. The average Bonchev–Trinajstić information content (AvgIpc) is 2.71. The quantitative estimate of drug-likeness (QED) is 0.417. The molecule has 29 heavy (non-hydrogen) atoms. The summed E-state index contributed by atoms with van der Waals surface area (Å²) in [4.78, 5) is 27.1. The van der Waals surface area contributed by atoms with Crippen LogP contribution in [-0.4, -0.2) is 48.5 Å². The van der Waals surface area contributed by atoms with E-state index < -0.39 is 11.6 Å². The molecule has 0 aliphatic rings. The highest BCUT2D eigenvalue weighted by Gasteiger charge is 2.32. The van der Waals surface area contributed by atoms with Crippen molar-refractivity contribution in [2.45, 2.75) is 33.3 Å². The smallest absolute Gasteiger partial charge is 0.349 e. The Bertz CT molecular complexity index is 812. The van der Waals surface area contributed by atoms with Gasteiger partial charge in [-0.05, 0) is 75.5 Å². The van der Waals surface area contributed by atoms with Crippen molar-refractivity contribution in [2.75, 3.05) is 26.2 Å². The molecule has 0 aliphatic heterocycles. The molecule has 0 N–H and O–H groups in total. The van der Waals surface area contributed by atoms with Crippen LogP contribution in [0.15, 0.2) is 48.5 Å². The maximum Gasteiger partial charge on any atom is 0.349 e. The first-order chi connectivity index (χ1) is 13.8. The Morgan fingerprint density at radius 3 is 1.97 bits per heavy atom. The molecule has 0 aromatic heterocycles. The van der Waals surface area contributed by atoms with Crippen molar-refractivity contribution < 1.29 is 19.1 Å². The second kappa shape index (κ2) is 10.4. The highest BCUT2D eigenvalue weighted by Crippen LogP contribution is 2.22. The van der Waals surface area contributed by atoms with Gasteiger partial charge < -0.3 is 14.4 Å². The summed E-state index contributed by atoms with van der Waals surface area (Å²) in [5.74, 6) is -0.0439. The summed E-state index contributed by atoms with van der Waals surface area (Å²) in [5, 5.41) is 0.580. The van der Waals surface area contributed by atoms with Gasteiger partial charge in [-0.3, -0.25) is 4.79 Å². The van der Waals surface area contributed by atoms with E-state index in [9.17, 15) is 9.59 Å². The van der Waals surface area contributed by atoms with Crippen LogP contribution in [-0.2, 0) is 9.53 Å². The fourth-order valence-electron chi connectivity index (χ4n) is 2.76. The van der Waals surface area contributed by atoms with Gasteiger partial charge in [0, 0.05) is 22.7 Å². The van der Waals surface area contributed by atoms with Crippen LogP contribution in [0.1, 0.15) is 43.6 Å². The first-order valence-corrected chi connectivity index (χ1v) is 10.1. The number of esters is 1. The molecule has 156 valence electrons. The molecular weight excluding hydrogens is 390 g/mol. The fraction of sp³-hybridized carbons (Fsp3) is 0.391. The molecule has 2 aromatic carbocycles. The lowest BCUT2D eigenvalue weighted by molar-refractivity contribution is -0.159. The predicted molar refractivity (Wildman–Crippen MR) is 115 cm³/mol. The lowest BCUT2D eigenvalue weighted by Gasteiger charge is -2.25. The Morgan fingerprint density at radius 1 is 0.931 bits per heavy atom. The molecule has 6 heteroatoms. The maximum atomic E-state index is 12.5. The summed E-state index contributed by atoms with van der Waals surface area (Å²) in [6, 6.07) is 13.4. The number of rotatable bonds is 10. The maximum absolute atomic E-state index is 12.5. The Labute approximate surface area is 177 Å². The molecule has 0 radical (unpaired) electrons. The summed E-state index contributed by atoms with van der Waals surface area (Å²) in [6.07, 6.45) is 0. The number of hydrogen-bond acceptors (Lipinski definition) is 5. The number of halogens is 1. The molecule has 0 heterocycles. The van der Waals surface area contributed by atoms with Gasteiger partial charge in [-0.1, -0.05) is 25.4 Å². The SMILES string of the molecule is CCN(CC)CCOC(=O)C(C)(C)Oc1ccc(C(=O)c2ccc(Cl)cc2)cc1. The van der Waals surface area contributed by atoms with Crippen molar-refractivity contribution in [3.8, 4) is 5.75 Å². The number of benzene rings is 2. The molecule has 2 rings (SSSR count).